The predicted octanol–water partition coefficient (Wildman–Crippen LogP) is 2.37. The van der Waals surface area contributed by atoms with Crippen molar-refractivity contribution in [1.29, 1.82) is 15.8 Å². The van der Waals surface area contributed by atoms with E-state index in [1.807, 2.05) is 6.92 Å². The van der Waals surface area contributed by atoms with E-state index < -0.39 is 0 Å². The number of nitrogens with zero attached hydrogens (tertiary/aromatic N) is 3. The first-order valence-corrected chi connectivity index (χ1v) is 6.67. The van der Waals surface area contributed by atoms with Gasteiger partial charge in [0.05, 0.1) is 0 Å². The van der Waals surface area contributed by atoms with E-state index in [-0.39, 0.29) is 17.2 Å². The molecule has 1 aromatic rings. The molecule has 0 atom stereocenters. The van der Waals surface area contributed by atoms with E-state index in [2.05, 4.69) is 10.6 Å². The van der Waals surface area contributed by atoms with Crippen molar-refractivity contribution in [3.8, 4) is 18.2 Å². The largest absolute Gasteiger partial charge is 0.352 e. The standard InChI is InChI=1S/C16H15N5O/c1-3-6-20-16(22)12-5-4-11(2)14(7-12)21-15(10-19)13(8-17)9-18/h4-5,7,21H,3,6H2,1-2H3,(H,20,22). The summed E-state index contributed by atoms with van der Waals surface area (Å²) >= 11 is 0. The Morgan fingerprint density at radius 1 is 1.18 bits per heavy atom. The summed E-state index contributed by atoms with van der Waals surface area (Å²) in [5.74, 6) is -0.215. The van der Waals surface area contributed by atoms with Crippen LogP contribution in [-0.4, -0.2) is 12.5 Å². The van der Waals surface area contributed by atoms with Gasteiger partial charge in [-0.1, -0.05) is 13.0 Å². The summed E-state index contributed by atoms with van der Waals surface area (Å²) in [5, 5.41) is 32.2. The summed E-state index contributed by atoms with van der Waals surface area (Å²) in [6.45, 7) is 4.33. The summed E-state index contributed by atoms with van der Waals surface area (Å²) in [5.41, 5.74) is 1.29. The normalized spacial score (nSPS) is 8.86. The lowest BCUT2D eigenvalue weighted by atomic mass is 10.1. The fourth-order valence-electron chi connectivity index (χ4n) is 1.66. The van der Waals surface area contributed by atoms with Crippen LogP contribution in [0.4, 0.5) is 5.69 Å². The number of hydrogen-bond acceptors (Lipinski definition) is 5. The van der Waals surface area contributed by atoms with Gasteiger partial charge in [0, 0.05) is 17.8 Å². The van der Waals surface area contributed by atoms with Crippen LogP contribution in [0.1, 0.15) is 29.3 Å². The summed E-state index contributed by atoms with van der Waals surface area (Å²) in [7, 11) is 0. The average molecular weight is 293 g/mol. The van der Waals surface area contributed by atoms with Gasteiger partial charge in [0.15, 0.2) is 5.57 Å². The number of carbonyl (C=O) groups is 1. The van der Waals surface area contributed by atoms with E-state index in [1.165, 1.54) is 0 Å². The van der Waals surface area contributed by atoms with Crippen LogP contribution in [0.5, 0.6) is 0 Å². The summed E-state index contributed by atoms with van der Waals surface area (Å²) in [6, 6.07) is 10.1. The maximum absolute atomic E-state index is 11.9. The molecule has 0 aliphatic carbocycles. The zero-order chi connectivity index (χ0) is 16.5. The molecule has 0 radical (unpaired) electrons. The highest BCUT2D eigenvalue weighted by Gasteiger charge is 2.11. The zero-order valence-corrected chi connectivity index (χ0v) is 12.4. The molecular weight excluding hydrogens is 278 g/mol. The number of benzene rings is 1. The first kappa shape index (κ1) is 16.8. The molecule has 0 aliphatic heterocycles. The van der Waals surface area contributed by atoms with Gasteiger partial charge in [-0.2, -0.15) is 15.8 Å². The number of nitriles is 3. The van der Waals surface area contributed by atoms with Crippen LogP contribution >= 0.6 is 0 Å². The number of amides is 1. The molecule has 22 heavy (non-hydrogen) atoms. The van der Waals surface area contributed by atoms with Crippen molar-refractivity contribution in [1.82, 2.24) is 5.32 Å². The van der Waals surface area contributed by atoms with Crippen LogP contribution in [0, 0.1) is 40.9 Å². The molecule has 1 rings (SSSR count). The summed E-state index contributed by atoms with van der Waals surface area (Å²) < 4.78 is 0. The molecule has 0 fully saturated rings. The maximum Gasteiger partial charge on any atom is 0.251 e. The highest BCUT2D eigenvalue weighted by molar-refractivity contribution is 5.95. The van der Waals surface area contributed by atoms with Gasteiger partial charge in [0.25, 0.3) is 5.91 Å². The first-order valence-electron chi connectivity index (χ1n) is 6.67. The van der Waals surface area contributed by atoms with E-state index in [9.17, 15) is 4.79 Å². The zero-order valence-electron chi connectivity index (χ0n) is 12.4. The molecular formula is C16H15N5O. The number of allylic oxidation sites excluding steroid dienone is 2. The van der Waals surface area contributed by atoms with Crippen LogP contribution in [0.15, 0.2) is 29.5 Å². The molecule has 0 aliphatic rings. The van der Waals surface area contributed by atoms with E-state index in [4.69, 9.17) is 15.8 Å². The third-order valence-corrected chi connectivity index (χ3v) is 2.88. The van der Waals surface area contributed by atoms with Crippen molar-refractivity contribution in [2.75, 3.05) is 11.9 Å². The molecule has 0 saturated carbocycles. The molecule has 6 heteroatoms. The van der Waals surface area contributed by atoms with Crippen LogP contribution in [-0.2, 0) is 0 Å². The van der Waals surface area contributed by atoms with Crippen molar-refractivity contribution < 1.29 is 4.79 Å². The van der Waals surface area contributed by atoms with E-state index in [0.29, 0.717) is 17.8 Å². The Labute approximate surface area is 129 Å². The minimum atomic E-state index is -0.303. The molecule has 0 aromatic heterocycles. The highest BCUT2D eigenvalue weighted by atomic mass is 16.1. The molecule has 1 aromatic carbocycles. The van der Waals surface area contributed by atoms with E-state index >= 15 is 0 Å². The predicted molar refractivity (Wildman–Crippen MR) is 81.3 cm³/mol. The van der Waals surface area contributed by atoms with Crippen LogP contribution in [0.25, 0.3) is 0 Å². The number of hydrogen-bond donors (Lipinski definition) is 2. The second kappa shape index (κ2) is 8.09. The maximum atomic E-state index is 11.9. The Morgan fingerprint density at radius 2 is 1.86 bits per heavy atom. The number of aryl methyl sites for hydroxylation is 1. The van der Waals surface area contributed by atoms with Crippen LogP contribution < -0.4 is 10.6 Å². The SMILES string of the molecule is CCCNC(=O)c1ccc(C)c(NC(C#N)=C(C#N)C#N)c1. The molecule has 1 amide bonds. The van der Waals surface area contributed by atoms with Crippen molar-refractivity contribution >= 4 is 11.6 Å². The van der Waals surface area contributed by atoms with E-state index in [1.54, 1.807) is 43.3 Å². The third-order valence-electron chi connectivity index (χ3n) is 2.88. The molecule has 0 unspecified atom stereocenters. The molecule has 0 saturated heterocycles. The van der Waals surface area contributed by atoms with Crippen molar-refractivity contribution in [3.63, 3.8) is 0 Å². The van der Waals surface area contributed by atoms with Gasteiger partial charge in [-0.05, 0) is 31.0 Å². The van der Waals surface area contributed by atoms with Crippen molar-refractivity contribution in [3.05, 3.63) is 40.6 Å². The van der Waals surface area contributed by atoms with Gasteiger partial charge < -0.3 is 10.6 Å². The number of rotatable bonds is 5. The Kier molecular flexibility index (Phi) is 6.16. The Morgan fingerprint density at radius 3 is 2.41 bits per heavy atom. The van der Waals surface area contributed by atoms with Gasteiger partial charge >= 0.3 is 0 Å². The summed E-state index contributed by atoms with van der Waals surface area (Å²) in [6.07, 6.45) is 0.831. The number of nitrogens with one attached hydrogen (secondary N) is 2. The lowest BCUT2D eigenvalue weighted by Gasteiger charge is -2.11. The van der Waals surface area contributed by atoms with Gasteiger partial charge in [-0.15, -0.1) is 0 Å². The molecule has 6 nitrogen and oxygen atoms in total. The summed E-state index contributed by atoms with van der Waals surface area (Å²) in [4.78, 5) is 11.9. The van der Waals surface area contributed by atoms with Gasteiger partial charge in [0.2, 0.25) is 0 Å². The Balaban J connectivity index is 3.14. The van der Waals surface area contributed by atoms with E-state index in [0.717, 1.165) is 12.0 Å². The number of anilines is 1. The fourth-order valence-corrected chi connectivity index (χ4v) is 1.66. The highest BCUT2D eigenvalue weighted by Crippen LogP contribution is 2.19. The smallest absolute Gasteiger partial charge is 0.251 e. The monoisotopic (exact) mass is 293 g/mol. The Hall–Kier alpha value is -3.30. The Bertz CT molecular complexity index is 712. The van der Waals surface area contributed by atoms with Gasteiger partial charge in [-0.3, -0.25) is 4.79 Å². The quantitative estimate of drug-likeness (QED) is 0.809. The third kappa shape index (κ3) is 4.10. The topological polar surface area (TPSA) is 112 Å². The molecule has 0 heterocycles. The average Bonchev–Trinajstić information content (AvgIpc) is 2.54. The minimum Gasteiger partial charge on any atom is -0.352 e. The van der Waals surface area contributed by atoms with Crippen molar-refractivity contribution in [2.45, 2.75) is 20.3 Å². The molecule has 0 spiro atoms. The van der Waals surface area contributed by atoms with Crippen LogP contribution in [0.2, 0.25) is 0 Å². The van der Waals surface area contributed by atoms with Crippen LogP contribution in [0.3, 0.4) is 0 Å². The minimum absolute atomic E-state index is 0.140. The molecule has 110 valence electrons. The lowest BCUT2D eigenvalue weighted by Crippen LogP contribution is -2.24. The second-order valence-electron chi connectivity index (χ2n) is 4.50. The lowest BCUT2D eigenvalue weighted by molar-refractivity contribution is 0.0953. The van der Waals surface area contributed by atoms with Gasteiger partial charge in [-0.25, -0.2) is 0 Å². The second-order valence-corrected chi connectivity index (χ2v) is 4.50. The van der Waals surface area contributed by atoms with Crippen molar-refractivity contribution in [2.24, 2.45) is 0 Å². The number of carbonyl (C=O) groups excluding carboxylic acids is 1. The fraction of sp³-hybridized carbons (Fsp3) is 0.250. The van der Waals surface area contributed by atoms with Gasteiger partial charge in [0.1, 0.15) is 23.9 Å². The molecule has 0 bridgehead atoms. The first-order chi connectivity index (χ1) is 10.6. The molecule has 2 N–H and O–H groups in total.